The summed E-state index contributed by atoms with van der Waals surface area (Å²) in [6.07, 6.45) is 2.75. The molecule has 23 heavy (non-hydrogen) atoms. The first kappa shape index (κ1) is 15.8. The summed E-state index contributed by atoms with van der Waals surface area (Å²) in [7, 11) is 0. The molecular formula is C12H8Cl2N6O2S. The van der Waals surface area contributed by atoms with Crippen LogP contribution in [0.15, 0.2) is 28.5 Å². The molecule has 3 aromatic heterocycles. The minimum atomic E-state index is -0.350. The van der Waals surface area contributed by atoms with Crippen LogP contribution >= 0.6 is 35.0 Å². The summed E-state index contributed by atoms with van der Waals surface area (Å²) in [5.41, 5.74) is 0.229. The summed E-state index contributed by atoms with van der Waals surface area (Å²) < 4.78 is 0. The van der Waals surface area contributed by atoms with E-state index in [1.165, 1.54) is 18.6 Å². The highest BCUT2D eigenvalue weighted by Gasteiger charge is 2.11. The van der Waals surface area contributed by atoms with E-state index in [-0.39, 0.29) is 33.6 Å². The van der Waals surface area contributed by atoms with Crippen molar-refractivity contribution in [3.63, 3.8) is 0 Å². The molecule has 0 aliphatic heterocycles. The number of carbonyl (C=O) groups is 1. The van der Waals surface area contributed by atoms with Crippen molar-refractivity contribution in [3.8, 4) is 0 Å². The summed E-state index contributed by atoms with van der Waals surface area (Å²) in [6.45, 7) is 0. The van der Waals surface area contributed by atoms with Crippen molar-refractivity contribution in [2.24, 2.45) is 0 Å². The third-order valence-corrected chi connectivity index (χ3v) is 4.05. The van der Waals surface area contributed by atoms with E-state index in [1.54, 1.807) is 0 Å². The van der Waals surface area contributed by atoms with Crippen LogP contribution in [0.2, 0.25) is 10.0 Å². The van der Waals surface area contributed by atoms with Gasteiger partial charge < -0.3 is 10.3 Å². The topological polar surface area (TPSA) is 116 Å². The molecule has 0 atom stereocenters. The summed E-state index contributed by atoms with van der Waals surface area (Å²) in [5, 5.41) is 3.45. The Morgan fingerprint density at radius 1 is 1.35 bits per heavy atom. The van der Waals surface area contributed by atoms with E-state index in [0.29, 0.717) is 15.8 Å². The second kappa shape index (κ2) is 6.57. The summed E-state index contributed by atoms with van der Waals surface area (Å²) in [4.78, 5) is 40.9. The second-order valence-electron chi connectivity index (χ2n) is 4.29. The number of nitrogens with zero attached hydrogens (tertiary/aromatic N) is 3. The van der Waals surface area contributed by atoms with Crippen molar-refractivity contribution >= 4 is 57.9 Å². The summed E-state index contributed by atoms with van der Waals surface area (Å²) in [5.74, 6) is -0.123. The number of hydrogen-bond donors (Lipinski definition) is 3. The van der Waals surface area contributed by atoms with Crippen molar-refractivity contribution in [3.05, 3.63) is 39.0 Å². The van der Waals surface area contributed by atoms with E-state index >= 15 is 0 Å². The van der Waals surface area contributed by atoms with Crippen LogP contribution in [0.4, 0.5) is 5.82 Å². The number of rotatable bonds is 4. The number of H-pyrrole nitrogens is 2. The highest BCUT2D eigenvalue weighted by atomic mass is 35.5. The van der Waals surface area contributed by atoms with Crippen LogP contribution in [0.3, 0.4) is 0 Å². The van der Waals surface area contributed by atoms with E-state index in [1.807, 2.05) is 0 Å². The monoisotopic (exact) mass is 370 g/mol. The molecule has 0 spiro atoms. The van der Waals surface area contributed by atoms with E-state index in [9.17, 15) is 9.59 Å². The molecule has 0 saturated heterocycles. The number of pyridine rings is 1. The molecule has 0 bridgehead atoms. The molecule has 0 aliphatic carbocycles. The van der Waals surface area contributed by atoms with E-state index < -0.39 is 0 Å². The maximum Gasteiger partial charge on any atom is 0.277 e. The first-order chi connectivity index (χ1) is 11.0. The molecule has 3 heterocycles. The van der Waals surface area contributed by atoms with Crippen LogP contribution in [-0.4, -0.2) is 36.6 Å². The van der Waals surface area contributed by atoms with Gasteiger partial charge in [-0.3, -0.25) is 14.6 Å². The Kier molecular flexibility index (Phi) is 4.51. The van der Waals surface area contributed by atoms with Crippen molar-refractivity contribution in [2.75, 3.05) is 11.1 Å². The summed E-state index contributed by atoms with van der Waals surface area (Å²) >= 11 is 12.7. The number of hydrogen-bond acceptors (Lipinski definition) is 6. The molecule has 0 radical (unpaired) electrons. The molecule has 8 nitrogen and oxygen atoms in total. The number of amides is 1. The highest BCUT2D eigenvalue weighted by Crippen LogP contribution is 2.23. The van der Waals surface area contributed by atoms with Crippen LogP contribution in [0.25, 0.3) is 11.2 Å². The Balaban J connectivity index is 1.67. The minimum Gasteiger partial charge on any atom is -0.339 e. The molecule has 3 N–H and O–H groups in total. The Morgan fingerprint density at radius 3 is 2.96 bits per heavy atom. The summed E-state index contributed by atoms with van der Waals surface area (Å²) in [6, 6.07) is 1.48. The molecule has 118 valence electrons. The van der Waals surface area contributed by atoms with Crippen molar-refractivity contribution in [1.29, 1.82) is 0 Å². The van der Waals surface area contributed by atoms with Gasteiger partial charge in [0.15, 0.2) is 22.1 Å². The van der Waals surface area contributed by atoms with Gasteiger partial charge in [-0.25, -0.2) is 15.0 Å². The quantitative estimate of drug-likeness (QED) is 0.478. The molecule has 1 amide bonds. The largest absolute Gasteiger partial charge is 0.339 e. The number of aromatic amines is 2. The fourth-order valence-electron chi connectivity index (χ4n) is 1.70. The molecule has 3 rings (SSSR count). The third kappa shape index (κ3) is 3.63. The van der Waals surface area contributed by atoms with Crippen LogP contribution in [0, 0.1) is 0 Å². The zero-order valence-corrected chi connectivity index (χ0v) is 13.6. The lowest BCUT2D eigenvalue weighted by molar-refractivity contribution is -0.113. The lowest BCUT2D eigenvalue weighted by atomic mass is 10.4. The Bertz CT molecular complexity index is 941. The van der Waals surface area contributed by atoms with Crippen LogP contribution in [0.1, 0.15) is 0 Å². The van der Waals surface area contributed by atoms with Gasteiger partial charge in [0.1, 0.15) is 0 Å². The molecular weight excluding hydrogens is 363 g/mol. The molecule has 0 fully saturated rings. The van der Waals surface area contributed by atoms with Crippen molar-refractivity contribution in [1.82, 2.24) is 24.9 Å². The number of aromatic nitrogens is 5. The van der Waals surface area contributed by atoms with Gasteiger partial charge in [-0.05, 0) is 6.07 Å². The zero-order valence-electron chi connectivity index (χ0n) is 11.3. The number of nitrogens with one attached hydrogen (secondary N) is 3. The average molecular weight is 371 g/mol. The average Bonchev–Trinajstić information content (AvgIpc) is 2.97. The van der Waals surface area contributed by atoms with Gasteiger partial charge in [0, 0.05) is 6.20 Å². The SMILES string of the molecule is O=C(CSc1nc2nc[nH]c2c(=O)[nH]1)Nc1ncc(Cl)cc1Cl. The van der Waals surface area contributed by atoms with Gasteiger partial charge in [-0.2, -0.15) is 0 Å². The van der Waals surface area contributed by atoms with Crippen LogP contribution in [-0.2, 0) is 4.79 Å². The van der Waals surface area contributed by atoms with E-state index in [4.69, 9.17) is 23.2 Å². The predicted octanol–water partition coefficient (Wildman–Crippen LogP) is 2.08. The standard InChI is InChI=1S/C12H8Cl2N6O2S/c13-5-1-6(14)9(15-2-5)18-7(21)3-23-12-19-10-8(11(22)20-12)16-4-17-10/h1-2,4H,3H2,(H,15,18,21)(H2,16,17,19,20,22). The van der Waals surface area contributed by atoms with Crippen molar-refractivity contribution in [2.45, 2.75) is 5.16 Å². The van der Waals surface area contributed by atoms with Gasteiger partial charge >= 0.3 is 0 Å². The van der Waals surface area contributed by atoms with E-state index in [0.717, 1.165) is 11.8 Å². The number of fused-ring (bicyclic) bond motifs is 1. The minimum absolute atomic E-state index is 0.0134. The van der Waals surface area contributed by atoms with Crippen LogP contribution < -0.4 is 10.9 Å². The zero-order chi connectivity index (χ0) is 16.4. The fraction of sp³-hybridized carbons (Fsp3) is 0.0833. The number of thioether (sulfide) groups is 1. The molecule has 3 aromatic rings. The van der Waals surface area contributed by atoms with E-state index in [2.05, 4.69) is 30.2 Å². The Morgan fingerprint density at radius 2 is 2.17 bits per heavy atom. The third-order valence-electron chi connectivity index (χ3n) is 2.68. The van der Waals surface area contributed by atoms with Gasteiger partial charge in [0.2, 0.25) is 5.91 Å². The fourth-order valence-corrected chi connectivity index (χ4v) is 2.78. The predicted molar refractivity (Wildman–Crippen MR) is 88.1 cm³/mol. The number of imidazole rings is 1. The van der Waals surface area contributed by atoms with Crippen LogP contribution in [0.5, 0.6) is 0 Å². The molecule has 0 saturated carbocycles. The number of anilines is 1. The van der Waals surface area contributed by atoms with Crippen molar-refractivity contribution < 1.29 is 4.79 Å². The maximum atomic E-state index is 11.9. The highest BCUT2D eigenvalue weighted by molar-refractivity contribution is 7.99. The molecule has 11 heteroatoms. The number of carbonyl (C=O) groups excluding carboxylic acids is 1. The lowest BCUT2D eigenvalue weighted by Gasteiger charge is -2.06. The Labute approximate surface area is 143 Å². The van der Waals surface area contributed by atoms with Gasteiger partial charge in [-0.15, -0.1) is 0 Å². The lowest BCUT2D eigenvalue weighted by Crippen LogP contribution is -2.16. The number of halogens is 2. The smallest absolute Gasteiger partial charge is 0.277 e. The first-order valence-electron chi connectivity index (χ1n) is 6.20. The maximum absolute atomic E-state index is 11.9. The van der Waals surface area contributed by atoms with Gasteiger partial charge in [-0.1, -0.05) is 35.0 Å². The second-order valence-corrected chi connectivity index (χ2v) is 6.10. The first-order valence-corrected chi connectivity index (χ1v) is 7.94. The molecule has 0 aliphatic rings. The molecule has 0 aromatic carbocycles. The Hall–Kier alpha value is -2.10. The normalized spacial score (nSPS) is 10.9. The van der Waals surface area contributed by atoms with Gasteiger partial charge in [0.05, 0.1) is 22.1 Å². The van der Waals surface area contributed by atoms with Gasteiger partial charge in [0.25, 0.3) is 5.56 Å². The molecule has 0 unspecified atom stereocenters.